The van der Waals surface area contributed by atoms with Gasteiger partial charge in [-0.05, 0) is 37.4 Å². The molecule has 0 aliphatic carbocycles. The number of urea groups is 1. The highest BCUT2D eigenvalue weighted by molar-refractivity contribution is 7.89. The summed E-state index contributed by atoms with van der Waals surface area (Å²) in [6.07, 6.45) is 0. The minimum Gasteiger partial charge on any atom is -0.283 e. The van der Waals surface area contributed by atoms with Crippen LogP contribution in [0.25, 0.3) is 10.2 Å². The fourth-order valence-corrected chi connectivity index (χ4v) is 4.14. The van der Waals surface area contributed by atoms with Gasteiger partial charge in [0.05, 0.1) is 25.7 Å². The number of aromatic nitrogens is 1. The second-order valence-electron chi connectivity index (χ2n) is 5.24. The lowest BCUT2D eigenvalue weighted by Gasteiger charge is -2.05. The zero-order chi connectivity index (χ0) is 19.6. The Kier molecular flexibility index (Phi) is 5.42. The van der Waals surface area contributed by atoms with Gasteiger partial charge in [0.25, 0.3) is 5.91 Å². The topological polar surface area (TPSA) is 117 Å². The standard InChI is InChI=1S/C16H13ClN4O4S2/c1-18-27(24,25)9-6-7-12-13(8-9)26-16(19-12)21-15(23)20-14(22)10-4-2-3-5-11(10)17/h2-8,18H,1H3,(H2,19,20,21,22,23). The molecule has 3 aromatic rings. The van der Waals surface area contributed by atoms with Gasteiger partial charge >= 0.3 is 6.03 Å². The Morgan fingerprint density at radius 2 is 1.89 bits per heavy atom. The number of fused-ring (bicyclic) bond motifs is 1. The van der Waals surface area contributed by atoms with E-state index in [-0.39, 0.29) is 20.6 Å². The van der Waals surface area contributed by atoms with Crippen molar-refractivity contribution in [3.05, 3.63) is 53.1 Å². The third kappa shape index (κ3) is 4.25. The smallest absolute Gasteiger partial charge is 0.283 e. The maximum atomic E-state index is 12.1. The molecule has 11 heteroatoms. The number of imide groups is 1. The van der Waals surface area contributed by atoms with Crippen molar-refractivity contribution < 1.29 is 18.0 Å². The van der Waals surface area contributed by atoms with Crippen molar-refractivity contribution >= 4 is 60.2 Å². The number of nitrogens with zero attached hydrogens (tertiary/aromatic N) is 1. The summed E-state index contributed by atoms with van der Waals surface area (Å²) in [5, 5.41) is 5.05. The van der Waals surface area contributed by atoms with E-state index in [0.29, 0.717) is 10.2 Å². The van der Waals surface area contributed by atoms with E-state index in [1.54, 1.807) is 18.2 Å². The molecule has 0 bridgehead atoms. The molecule has 0 radical (unpaired) electrons. The monoisotopic (exact) mass is 424 g/mol. The highest BCUT2D eigenvalue weighted by Gasteiger charge is 2.16. The average molecular weight is 425 g/mol. The minimum absolute atomic E-state index is 0.0889. The first-order chi connectivity index (χ1) is 12.8. The van der Waals surface area contributed by atoms with Crippen LogP contribution >= 0.6 is 22.9 Å². The van der Waals surface area contributed by atoms with Crippen LogP contribution in [0.4, 0.5) is 9.93 Å². The normalized spacial score (nSPS) is 11.3. The summed E-state index contributed by atoms with van der Waals surface area (Å²) in [7, 11) is -2.26. The van der Waals surface area contributed by atoms with E-state index in [0.717, 1.165) is 11.3 Å². The molecule has 2 aromatic carbocycles. The fourth-order valence-electron chi connectivity index (χ4n) is 2.19. The van der Waals surface area contributed by atoms with Crippen molar-refractivity contribution in [2.24, 2.45) is 0 Å². The summed E-state index contributed by atoms with van der Waals surface area (Å²) in [5.74, 6) is -0.651. The number of sulfonamides is 1. The van der Waals surface area contributed by atoms with E-state index in [2.05, 4.69) is 20.3 Å². The number of carbonyl (C=O) groups is 2. The van der Waals surface area contributed by atoms with Crippen molar-refractivity contribution in [1.82, 2.24) is 15.0 Å². The van der Waals surface area contributed by atoms with Gasteiger partial charge in [-0.2, -0.15) is 0 Å². The Labute approximate surface area is 163 Å². The van der Waals surface area contributed by atoms with Gasteiger partial charge in [0, 0.05) is 0 Å². The molecule has 3 amide bonds. The van der Waals surface area contributed by atoms with Crippen LogP contribution in [-0.4, -0.2) is 32.4 Å². The van der Waals surface area contributed by atoms with E-state index < -0.39 is 22.0 Å². The highest BCUT2D eigenvalue weighted by atomic mass is 35.5. The molecule has 140 valence electrons. The largest absolute Gasteiger partial charge is 0.327 e. The van der Waals surface area contributed by atoms with E-state index in [9.17, 15) is 18.0 Å². The zero-order valence-electron chi connectivity index (χ0n) is 13.8. The van der Waals surface area contributed by atoms with Gasteiger partial charge in [0.15, 0.2) is 5.13 Å². The molecule has 0 aliphatic heterocycles. The molecule has 0 saturated carbocycles. The quantitative estimate of drug-likeness (QED) is 0.595. The predicted octanol–water partition coefficient (Wildman–Crippen LogP) is 2.82. The summed E-state index contributed by atoms with van der Waals surface area (Å²) in [5.41, 5.74) is 0.684. The average Bonchev–Trinajstić information content (AvgIpc) is 3.03. The molecule has 3 N–H and O–H groups in total. The fraction of sp³-hybridized carbons (Fsp3) is 0.0625. The summed E-state index contributed by atoms with van der Waals surface area (Å²) in [6.45, 7) is 0. The summed E-state index contributed by atoms with van der Waals surface area (Å²) < 4.78 is 26.5. The number of thiazole rings is 1. The van der Waals surface area contributed by atoms with E-state index in [1.807, 2.05) is 0 Å². The third-order valence-electron chi connectivity index (χ3n) is 3.50. The molecule has 0 spiro atoms. The van der Waals surface area contributed by atoms with E-state index in [1.165, 1.54) is 31.3 Å². The SMILES string of the molecule is CNS(=O)(=O)c1ccc2nc(NC(=O)NC(=O)c3ccccc3Cl)sc2c1. The molecule has 0 aliphatic rings. The number of anilines is 1. The van der Waals surface area contributed by atoms with E-state index in [4.69, 9.17) is 11.6 Å². The number of hydrogen-bond donors (Lipinski definition) is 3. The van der Waals surface area contributed by atoms with Crippen LogP contribution in [-0.2, 0) is 10.0 Å². The lowest BCUT2D eigenvalue weighted by atomic mass is 10.2. The number of amides is 3. The Balaban J connectivity index is 1.75. The van der Waals surface area contributed by atoms with Crippen molar-refractivity contribution in [3.63, 3.8) is 0 Å². The van der Waals surface area contributed by atoms with Gasteiger partial charge in [0.2, 0.25) is 10.0 Å². The maximum Gasteiger partial charge on any atom is 0.327 e. The molecule has 0 atom stereocenters. The van der Waals surface area contributed by atoms with Crippen molar-refractivity contribution in [3.8, 4) is 0 Å². The van der Waals surface area contributed by atoms with Crippen LogP contribution in [0.3, 0.4) is 0 Å². The van der Waals surface area contributed by atoms with Gasteiger partial charge < -0.3 is 0 Å². The Morgan fingerprint density at radius 1 is 1.15 bits per heavy atom. The zero-order valence-corrected chi connectivity index (χ0v) is 16.2. The summed E-state index contributed by atoms with van der Waals surface area (Å²) >= 11 is 7.00. The number of carbonyl (C=O) groups excluding carboxylic acids is 2. The molecule has 3 rings (SSSR count). The van der Waals surface area contributed by atoms with Crippen molar-refractivity contribution in [2.75, 3.05) is 12.4 Å². The first kappa shape index (κ1) is 19.2. The summed E-state index contributed by atoms with van der Waals surface area (Å²) in [6, 6.07) is 9.96. The molecule has 1 heterocycles. The summed E-state index contributed by atoms with van der Waals surface area (Å²) in [4.78, 5) is 28.4. The number of halogens is 1. The lowest BCUT2D eigenvalue weighted by molar-refractivity contribution is 0.0967. The number of nitrogens with one attached hydrogen (secondary N) is 3. The Morgan fingerprint density at radius 3 is 2.59 bits per heavy atom. The second kappa shape index (κ2) is 7.61. The molecule has 8 nitrogen and oxygen atoms in total. The van der Waals surface area contributed by atoms with Crippen LogP contribution in [0.1, 0.15) is 10.4 Å². The van der Waals surface area contributed by atoms with Gasteiger partial charge in [0.1, 0.15) is 0 Å². The van der Waals surface area contributed by atoms with Gasteiger partial charge in [-0.25, -0.2) is 22.9 Å². The highest BCUT2D eigenvalue weighted by Crippen LogP contribution is 2.28. The van der Waals surface area contributed by atoms with Crippen molar-refractivity contribution in [2.45, 2.75) is 4.90 Å². The second-order valence-corrected chi connectivity index (χ2v) is 8.57. The minimum atomic E-state index is -3.58. The first-order valence-corrected chi connectivity index (χ1v) is 10.2. The predicted molar refractivity (Wildman–Crippen MR) is 104 cm³/mol. The molecule has 0 fully saturated rings. The van der Waals surface area contributed by atoms with Crippen LogP contribution < -0.4 is 15.4 Å². The first-order valence-electron chi connectivity index (χ1n) is 7.51. The molecule has 0 saturated heterocycles. The van der Waals surface area contributed by atoms with Crippen LogP contribution in [0.2, 0.25) is 5.02 Å². The molecule has 1 aromatic heterocycles. The van der Waals surface area contributed by atoms with Crippen molar-refractivity contribution in [1.29, 1.82) is 0 Å². The number of benzene rings is 2. The number of hydrogen-bond acceptors (Lipinski definition) is 6. The van der Waals surface area contributed by atoms with Gasteiger partial charge in [-0.1, -0.05) is 35.1 Å². The van der Waals surface area contributed by atoms with Crippen LogP contribution in [0, 0.1) is 0 Å². The van der Waals surface area contributed by atoms with Crippen LogP contribution in [0.15, 0.2) is 47.4 Å². The lowest BCUT2D eigenvalue weighted by Crippen LogP contribution is -2.34. The van der Waals surface area contributed by atoms with Gasteiger partial charge in [-0.3, -0.25) is 15.4 Å². The molecule has 27 heavy (non-hydrogen) atoms. The maximum absolute atomic E-state index is 12.1. The number of rotatable bonds is 4. The molecule has 0 unspecified atom stereocenters. The Hall–Kier alpha value is -2.53. The van der Waals surface area contributed by atoms with Gasteiger partial charge in [-0.15, -0.1) is 0 Å². The Bertz CT molecular complexity index is 1140. The van der Waals surface area contributed by atoms with E-state index >= 15 is 0 Å². The van der Waals surface area contributed by atoms with Crippen LogP contribution in [0.5, 0.6) is 0 Å². The molecular weight excluding hydrogens is 412 g/mol. The molecular formula is C16H13ClN4O4S2. The third-order valence-corrected chi connectivity index (χ3v) is 6.18.